The van der Waals surface area contributed by atoms with Crippen LogP contribution in [-0.4, -0.2) is 76.3 Å². The Kier molecular flexibility index (Phi) is 8.50. The second-order valence-corrected chi connectivity index (χ2v) is 6.67. The van der Waals surface area contributed by atoms with Crippen LogP contribution in [0.1, 0.15) is 18.4 Å². The molecule has 0 aromatic heterocycles. The predicted molar refractivity (Wildman–Crippen MR) is 106 cm³/mol. The van der Waals surface area contributed by atoms with E-state index in [0.29, 0.717) is 24.0 Å². The van der Waals surface area contributed by atoms with Gasteiger partial charge in [-0.15, -0.1) is 0 Å². The van der Waals surface area contributed by atoms with Crippen LogP contribution in [0.3, 0.4) is 0 Å². The number of likely N-dealkylation sites (N-methyl/N-ethyl adjacent to an activating group) is 1. The third kappa shape index (κ3) is 6.72. The van der Waals surface area contributed by atoms with Gasteiger partial charge in [-0.1, -0.05) is 6.07 Å². The highest BCUT2D eigenvalue weighted by Crippen LogP contribution is 2.27. The average Bonchev–Trinajstić information content (AvgIpc) is 2.67. The second kappa shape index (κ2) is 10.9. The summed E-state index contributed by atoms with van der Waals surface area (Å²) >= 11 is 0. The number of rotatable bonds is 9. The molecule has 1 heterocycles. The van der Waals surface area contributed by atoms with E-state index in [4.69, 9.17) is 15.2 Å². The van der Waals surface area contributed by atoms with Crippen LogP contribution >= 0.6 is 0 Å². The van der Waals surface area contributed by atoms with E-state index < -0.39 is 0 Å². The summed E-state index contributed by atoms with van der Waals surface area (Å²) in [7, 11) is 5.44. The highest BCUT2D eigenvalue weighted by atomic mass is 16.5. The van der Waals surface area contributed by atoms with Gasteiger partial charge in [0.05, 0.1) is 20.8 Å². The Morgan fingerprint density at radius 2 is 1.85 bits per heavy atom. The Hall–Kier alpha value is -1.99. The minimum absolute atomic E-state index is 0.486. The molecule has 1 aromatic rings. The Labute approximate surface area is 157 Å². The Morgan fingerprint density at radius 1 is 1.12 bits per heavy atom. The van der Waals surface area contributed by atoms with Crippen molar-refractivity contribution in [3.8, 4) is 11.5 Å². The summed E-state index contributed by atoms with van der Waals surface area (Å²) in [5, 5.41) is 3.19. The molecule has 0 amide bonds. The van der Waals surface area contributed by atoms with Crippen LogP contribution in [0.25, 0.3) is 0 Å². The van der Waals surface area contributed by atoms with Gasteiger partial charge >= 0.3 is 0 Å². The van der Waals surface area contributed by atoms with Gasteiger partial charge in [0.15, 0.2) is 17.5 Å². The number of methoxy groups -OCH3 is 2. The van der Waals surface area contributed by atoms with Crippen molar-refractivity contribution < 1.29 is 9.47 Å². The zero-order valence-electron chi connectivity index (χ0n) is 16.3. The van der Waals surface area contributed by atoms with E-state index in [2.05, 4.69) is 27.2 Å². The molecule has 0 radical (unpaired) electrons. The predicted octanol–water partition coefficient (Wildman–Crippen LogP) is 1.14. The lowest BCUT2D eigenvalue weighted by atomic mass is 10.2. The number of nitrogens with one attached hydrogen (secondary N) is 1. The first kappa shape index (κ1) is 20.3. The van der Waals surface area contributed by atoms with Gasteiger partial charge in [-0.2, -0.15) is 0 Å². The lowest BCUT2D eigenvalue weighted by Crippen LogP contribution is -2.44. The molecule has 7 heteroatoms. The van der Waals surface area contributed by atoms with E-state index in [0.717, 1.165) is 25.1 Å². The van der Waals surface area contributed by atoms with Crippen molar-refractivity contribution in [2.24, 2.45) is 10.7 Å². The van der Waals surface area contributed by atoms with Crippen molar-refractivity contribution in [2.45, 2.75) is 19.4 Å². The lowest BCUT2D eigenvalue weighted by Gasteiger charge is -2.32. The summed E-state index contributed by atoms with van der Waals surface area (Å²) in [6, 6.07) is 5.77. The van der Waals surface area contributed by atoms with Gasteiger partial charge in [0.25, 0.3) is 0 Å². The number of hydrogen-bond donors (Lipinski definition) is 2. The molecule has 0 bridgehead atoms. The van der Waals surface area contributed by atoms with Gasteiger partial charge in [0, 0.05) is 32.7 Å². The Balaban J connectivity index is 1.64. The zero-order valence-corrected chi connectivity index (χ0v) is 16.3. The number of ether oxygens (including phenoxy) is 2. The molecule has 0 unspecified atom stereocenters. The number of nitrogens with zero attached hydrogens (tertiary/aromatic N) is 3. The summed E-state index contributed by atoms with van der Waals surface area (Å²) < 4.78 is 10.5. The average molecular weight is 364 g/mol. The number of hydrogen-bond acceptors (Lipinski definition) is 5. The third-order valence-electron chi connectivity index (χ3n) is 4.68. The molecule has 0 spiro atoms. The van der Waals surface area contributed by atoms with Gasteiger partial charge in [0.2, 0.25) is 0 Å². The standard InChI is InChI=1S/C19H33N5O2/c1-23-10-12-24(13-11-23)9-5-4-8-21-19(20)22-15-16-6-7-17(25-2)18(14-16)26-3/h6-7,14H,4-5,8-13,15H2,1-3H3,(H3,20,21,22). The molecule has 0 aliphatic carbocycles. The molecule has 2 rings (SSSR count). The number of aliphatic imine (C=N–C) groups is 1. The van der Waals surface area contributed by atoms with Crippen molar-refractivity contribution in [3.63, 3.8) is 0 Å². The first-order valence-electron chi connectivity index (χ1n) is 9.28. The fourth-order valence-corrected chi connectivity index (χ4v) is 2.96. The van der Waals surface area contributed by atoms with Gasteiger partial charge in [-0.3, -0.25) is 0 Å². The van der Waals surface area contributed by atoms with Crippen LogP contribution in [-0.2, 0) is 6.54 Å². The number of nitrogens with two attached hydrogens (primary N) is 1. The molecule has 1 aliphatic rings. The summed E-state index contributed by atoms with van der Waals surface area (Å²) in [4.78, 5) is 9.31. The highest BCUT2D eigenvalue weighted by molar-refractivity contribution is 5.77. The van der Waals surface area contributed by atoms with E-state index in [-0.39, 0.29) is 0 Å². The monoisotopic (exact) mass is 363 g/mol. The molecule has 1 saturated heterocycles. The van der Waals surface area contributed by atoms with Gasteiger partial charge in [-0.25, -0.2) is 4.99 Å². The van der Waals surface area contributed by atoms with Crippen molar-refractivity contribution >= 4 is 5.96 Å². The van der Waals surface area contributed by atoms with Gasteiger partial charge in [-0.05, 0) is 44.1 Å². The van der Waals surface area contributed by atoms with Crippen LogP contribution in [0.5, 0.6) is 11.5 Å². The number of piperazine rings is 1. The first-order chi connectivity index (χ1) is 12.6. The molecular formula is C19H33N5O2. The molecule has 0 atom stereocenters. The van der Waals surface area contributed by atoms with Crippen molar-refractivity contribution in [1.29, 1.82) is 0 Å². The fourth-order valence-electron chi connectivity index (χ4n) is 2.96. The van der Waals surface area contributed by atoms with Crippen LogP contribution in [0.15, 0.2) is 23.2 Å². The Bertz CT molecular complexity index is 571. The second-order valence-electron chi connectivity index (χ2n) is 6.67. The minimum atomic E-state index is 0.486. The molecule has 3 N–H and O–H groups in total. The Morgan fingerprint density at radius 3 is 2.54 bits per heavy atom. The molecule has 0 saturated carbocycles. The molecule has 26 heavy (non-hydrogen) atoms. The topological polar surface area (TPSA) is 75.4 Å². The summed E-state index contributed by atoms with van der Waals surface area (Å²) in [6.45, 7) is 7.24. The maximum atomic E-state index is 5.96. The van der Waals surface area contributed by atoms with E-state index in [1.54, 1.807) is 14.2 Å². The zero-order chi connectivity index (χ0) is 18.8. The van der Waals surface area contributed by atoms with Crippen molar-refractivity contribution in [1.82, 2.24) is 15.1 Å². The molecule has 1 aliphatic heterocycles. The van der Waals surface area contributed by atoms with E-state index in [1.165, 1.54) is 32.6 Å². The number of guanidine groups is 1. The highest BCUT2D eigenvalue weighted by Gasteiger charge is 2.12. The normalized spacial score (nSPS) is 16.5. The fraction of sp³-hybridized carbons (Fsp3) is 0.632. The van der Waals surface area contributed by atoms with Crippen molar-refractivity contribution in [3.05, 3.63) is 23.8 Å². The van der Waals surface area contributed by atoms with Crippen LogP contribution in [0.4, 0.5) is 0 Å². The smallest absolute Gasteiger partial charge is 0.188 e. The number of unbranched alkanes of at least 4 members (excludes halogenated alkanes) is 1. The van der Waals surface area contributed by atoms with Crippen LogP contribution < -0.4 is 20.5 Å². The van der Waals surface area contributed by atoms with Crippen molar-refractivity contribution in [2.75, 3.05) is 60.5 Å². The van der Waals surface area contributed by atoms with Gasteiger partial charge < -0.3 is 30.3 Å². The molecule has 1 fully saturated rings. The van der Waals surface area contributed by atoms with E-state index in [9.17, 15) is 0 Å². The number of benzene rings is 1. The quantitative estimate of drug-likeness (QED) is 0.389. The molecule has 1 aromatic carbocycles. The maximum absolute atomic E-state index is 5.96. The largest absolute Gasteiger partial charge is 0.493 e. The van der Waals surface area contributed by atoms with Crippen LogP contribution in [0, 0.1) is 0 Å². The summed E-state index contributed by atoms with van der Waals surface area (Å²) in [5.41, 5.74) is 6.99. The molecular weight excluding hydrogens is 330 g/mol. The van der Waals surface area contributed by atoms with E-state index >= 15 is 0 Å². The first-order valence-corrected chi connectivity index (χ1v) is 9.28. The SMILES string of the molecule is COc1ccc(CN=C(N)NCCCCN2CCN(C)CC2)cc1OC. The maximum Gasteiger partial charge on any atom is 0.188 e. The van der Waals surface area contributed by atoms with E-state index in [1.807, 2.05) is 18.2 Å². The minimum Gasteiger partial charge on any atom is -0.493 e. The van der Waals surface area contributed by atoms with Crippen LogP contribution in [0.2, 0.25) is 0 Å². The third-order valence-corrected chi connectivity index (χ3v) is 4.68. The van der Waals surface area contributed by atoms with Gasteiger partial charge in [0.1, 0.15) is 0 Å². The lowest BCUT2D eigenvalue weighted by molar-refractivity contribution is 0.152. The summed E-state index contributed by atoms with van der Waals surface area (Å²) in [5.74, 6) is 1.90. The molecule has 146 valence electrons. The molecule has 7 nitrogen and oxygen atoms in total. The summed E-state index contributed by atoms with van der Waals surface area (Å²) in [6.07, 6.45) is 2.28.